The van der Waals surface area contributed by atoms with Crippen molar-refractivity contribution in [1.29, 1.82) is 0 Å². The van der Waals surface area contributed by atoms with Crippen molar-refractivity contribution in [3.63, 3.8) is 0 Å². The van der Waals surface area contributed by atoms with Crippen molar-refractivity contribution in [2.24, 2.45) is 10.9 Å². The summed E-state index contributed by atoms with van der Waals surface area (Å²) in [6, 6.07) is 4.82. The average Bonchev–Trinajstić information content (AvgIpc) is 3.03. The molecule has 0 bridgehead atoms. The smallest absolute Gasteiger partial charge is 0.318 e. The van der Waals surface area contributed by atoms with Crippen LogP contribution in [0.5, 0.6) is 6.01 Å². The molecule has 1 aromatic carbocycles. The fourth-order valence-electron chi connectivity index (χ4n) is 5.79. The van der Waals surface area contributed by atoms with Crippen LogP contribution in [0.1, 0.15) is 82.8 Å². The van der Waals surface area contributed by atoms with Crippen molar-refractivity contribution in [1.82, 2.24) is 14.9 Å². The average molecular weight is 579 g/mol. The molecule has 2 aliphatic heterocycles. The number of carbonyl (C=O) groups excluding carboxylic acids is 1. The number of aromatic nitrogens is 2. The van der Waals surface area contributed by atoms with E-state index in [2.05, 4.69) is 61.2 Å². The molecule has 1 unspecified atom stereocenters. The van der Waals surface area contributed by atoms with Crippen LogP contribution in [0.15, 0.2) is 29.8 Å². The van der Waals surface area contributed by atoms with Crippen molar-refractivity contribution < 1.29 is 11.0 Å². The number of carbonyl (C=O) groups is 1. The lowest BCUT2D eigenvalue weighted by Crippen LogP contribution is -2.49. The number of ether oxygens (including phenoxy) is 1. The van der Waals surface area contributed by atoms with Crippen molar-refractivity contribution in [3.8, 4) is 6.01 Å². The second-order valence-electron chi connectivity index (χ2n) is 11.0. The Labute approximate surface area is 255 Å². The first-order chi connectivity index (χ1) is 20.4. The van der Waals surface area contributed by atoms with E-state index in [-0.39, 0.29) is 7.33 Å². The van der Waals surface area contributed by atoms with Gasteiger partial charge >= 0.3 is 6.01 Å². The molecule has 1 fully saturated rings. The van der Waals surface area contributed by atoms with Crippen LogP contribution < -0.4 is 14.5 Å². The maximum absolute atomic E-state index is 12.2. The van der Waals surface area contributed by atoms with Crippen molar-refractivity contribution in [2.45, 2.75) is 80.2 Å². The molecule has 1 amide bonds. The number of piperazine rings is 1. The fourth-order valence-corrected chi connectivity index (χ4v) is 5.79. The number of aryl methyl sites for hydroxylation is 2. The van der Waals surface area contributed by atoms with Crippen LogP contribution in [0.25, 0.3) is 0 Å². The first-order valence-corrected chi connectivity index (χ1v) is 15.9. The molecular weight excluding hydrogens is 524 g/mol. The molecule has 0 saturated carbocycles. The van der Waals surface area contributed by atoms with Crippen molar-refractivity contribution in [3.05, 3.63) is 52.7 Å². The highest BCUT2D eigenvalue weighted by Gasteiger charge is 2.29. The van der Waals surface area contributed by atoms with E-state index in [9.17, 15) is 4.79 Å². The Balaban J connectivity index is 0.00000211. The summed E-state index contributed by atoms with van der Waals surface area (Å²) in [7, 11) is 1.83. The quantitative estimate of drug-likeness (QED) is 0.227. The van der Waals surface area contributed by atoms with Crippen LogP contribution in [0.3, 0.4) is 0 Å². The minimum atomic E-state index is -0.0123. The van der Waals surface area contributed by atoms with Crippen LogP contribution in [0.4, 0.5) is 11.5 Å². The van der Waals surface area contributed by atoms with E-state index in [1.54, 1.807) is 0 Å². The Morgan fingerprint density at radius 3 is 2.45 bits per heavy atom. The first kappa shape index (κ1) is 33.1. The highest BCUT2D eigenvalue weighted by molar-refractivity contribution is 5.91. The summed E-state index contributed by atoms with van der Waals surface area (Å²) in [5, 5.41) is 0. The molecule has 42 heavy (non-hydrogen) atoms. The monoisotopic (exact) mass is 578 g/mol. The lowest BCUT2D eigenvalue weighted by atomic mass is 9.98. The van der Waals surface area contributed by atoms with Crippen LogP contribution >= 0.6 is 0 Å². The number of anilines is 2. The largest absolute Gasteiger partial charge is 0.463 e. The van der Waals surface area contributed by atoms with Crippen molar-refractivity contribution in [2.75, 3.05) is 56.2 Å². The van der Waals surface area contributed by atoms with Gasteiger partial charge in [-0.15, -0.1) is 0 Å². The van der Waals surface area contributed by atoms with Gasteiger partial charge in [-0.05, 0) is 49.8 Å². The second kappa shape index (κ2) is 16.3. The normalized spacial score (nSPS) is 15.6. The van der Waals surface area contributed by atoms with Crippen LogP contribution in [-0.4, -0.2) is 73.4 Å². The highest BCUT2D eigenvalue weighted by atomic mass is 16.5. The number of amides is 1. The Bertz CT molecular complexity index is 1230. The molecule has 0 aliphatic carbocycles. The SMILES string of the molecule is C=CC(=O)N1CCN(c2nc(OCC(CC)CCCC)nc3c2CCN(c2c(C)ccc(C)c2C=NC)C3)CC1.CC.[HH]. The van der Waals surface area contributed by atoms with Gasteiger partial charge in [0, 0.05) is 64.2 Å². The van der Waals surface area contributed by atoms with Crippen LogP contribution in [0.2, 0.25) is 0 Å². The molecule has 2 aromatic rings. The molecule has 8 heteroatoms. The first-order valence-electron chi connectivity index (χ1n) is 15.9. The minimum Gasteiger partial charge on any atom is -0.463 e. The highest BCUT2D eigenvalue weighted by Crippen LogP contribution is 2.35. The molecule has 2 aliphatic rings. The molecule has 1 aromatic heterocycles. The summed E-state index contributed by atoms with van der Waals surface area (Å²) in [5.74, 6) is 1.45. The summed E-state index contributed by atoms with van der Waals surface area (Å²) in [5.41, 5.74) is 7.06. The molecule has 4 rings (SSSR count). The molecule has 1 saturated heterocycles. The van der Waals surface area contributed by atoms with Gasteiger partial charge in [0.1, 0.15) is 5.82 Å². The summed E-state index contributed by atoms with van der Waals surface area (Å²) in [6.45, 7) is 21.4. The van der Waals surface area contributed by atoms with Crippen molar-refractivity contribution >= 4 is 23.6 Å². The third-order valence-corrected chi connectivity index (χ3v) is 8.29. The number of unbranched alkanes of at least 4 members (excludes halogenated alkanes) is 1. The predicted octanol–water partition coefficient (Wildman–Crippen LogP) is 6.41. The molecular formula is C34H54N6O2. The fraction of sp³-hybridized carbons (Fsp3) is 0.588. The van der Waals surface area contributed by atoms with E-state index >= 15 is 0 Å². The van der Waals surface area contributed by atoms with Gasteiger partial charge in [-0.25, -0.2) is 0 Å². The summed E-state index contributed by atoms with van der Waals surface area (Å²) >= 11 is 0. The second-order valence-corrected chi connectivity index (χ2v) is 11.0. The summed E-state index contributed by atoms with van der Waals surface area (Å²) in [6.07, 6.45) is 8.86. The molecule has 1 atom stereocenters. The number of nitrogens with zero attached hydrogens (tertiary/aromatic N) is 6. The van der Waals surface area contributed by atoms with Crippen LogP contribution in [-0.2, 0) is 17.8 Å². The molecule has 0 radical (unpaired) electrons. The zero-order chi connectivity index (χ0) is 30.6. The molecule has 0 N–H and O–H groups in total. The third kappa shape index (κ3) is 7.90. The van der Waals surface area contributed by atoms with Gasteiger partial charge in [0.15, 0.2) is 0 Å². The van der Waals surface area contributed by atoms with Gasteiger partial charge in [0.05, 0.1) is 18.8 Å². The third-order valence-electron chi connectivity index (χ3n) is 8.29. The number of aliphatic imine (C=N–C) groups is 1. The zero-order valence-corrected chi connectivity index (χ0v) is 27.1. The molecule has 0 spiro atoms. The predicted molar refractivity (Wildman–Crippen MR) is 177 cm³/mol. The number of rotatable bonds is 11. The number of fused-ring (bicyclic) bond motifs is 1. The van der Waals surface area contributed by atoms with E-state index in [0.717, 1.165) is 50.4 Å². The molecule has 3 heterocycles. The Morgan fingerprint density at radius 1 is 1.10 bits per heavy atom. The van der Waals surface area contributed by atoms with Gasteiger partial charge in [0.2, 0.25) is 5.91 Å². The summed E-state index contributed by atoms with van der Waals surface area (Å²) < 4.78 is 6.31. The van der Waals surface area contributed by atoms with E-state index in [1.807, 2.05) is 32.0 Å². The summed E-state index contributed by atoms with van der Waals surface area (Å²) in [4.78, 5) is 33.1. The minimum absolute atomic E-state index is 0. The van der Waals surface area contributed by atoms with Crippen LogP contribution in [0, 0.1) is 19.8 Å². The van der Waals surface area contributed by atoms with Gasteiger partial charge in [0.25, 0.3) is 0 Å². The molecule has 232 valence electrons. The van der Waals surface area contributed by atoms with E-state index in [1.165, 1.54) is 46.9 Å². The topological polar surface area (TPSA) is 74.2 Å². The number of hydrogen-bond acceptors (Lipinski definition) is 7. The van der Waals surface area contributed by atoms with E-state index in [4.69, 9.17) is 14.7 Å². The van der Waals surface area contributed by atoms with Gasteiger partial charge in [-0.2, -0.15) is 9.97 Å². The lowest BCUT2D eigenvalue weighted by molar-refractivity contribution is -0.126. The Kier molecular flexibility index (Phi) is 12.8. The number of benzene rings is 1. The lowest BCUT2D eigenvalue weighted by Gasteiger charge is -2.38. The number of hydrogen-bond donors (Lipinski definition) is 0. The maximum Gasteiger partial charge on any atom is 0.318 e. The standard InChI is InChI=1S/C32H46N6O2.C2H6.H2/c1-7-10-11-25(8-2)22-40-32-34-28-21-38(30-24(5)13-12-23(4)27(30)20-33-6)15-14-26(28)31(35-32)37-18-16-36(17-19-37)29(39)9-3;1-2;/h9,12-13,20,25H,3,7-8,10-11,14-19,21-22H2,1-2,4-6H3;1-2H3;1H. The zero-order valence-electron chi connectivity index (χ0n) is 27.1. The van der Waals surface area contributed by atoms with Gasteiger partial charge in [-0.1, -0.05) is 65.7 Å². The Morgan fingerprint density at radius 2 is 1.81 bits per heavy atom. The van der Waals surface area contributed by atoms with E-state index < -0.39 is 0 Å². The molecule has 8 nitrogen and oxygen atoms in total. The maximum atomic E-state index is 12.2. The van der Waals surface area contributed by atoms with Gasteiger partial charge < -0.3 is 19.4 Å². The van der Waals surface area contributed by atoms with Gasteiger partial charge in [-0.3, -0.25) is 9.79 Å². The van der Waals surface area contributed by atoms with E-state index in [0.29, 0.717) is 38.2 Å². The Hall–Kier alpha value is -3.42.